The smallest absolute Gasteiger partial charge is 0.192 e. The minimum atomic E-state index is -0.158. The summed E-state index contributed by atoms with van der Waals surface area (Å²) in [7, 11) is 0. The van der Waals surface area contributed by atoms with Crippen LogP contribution in [0.15, 0.2) is 29.4 Å². The number of ketones is 1. The monoisotopic (exact) mass is 381 g/mol. The lowest BCUT2D eigenvalue weighted by molar-refractivity contribution is -0.116. The largest absolute Gasteiger partial charge is 0.484 e. The van der Waals surface area contributed by atoms with E-state index in [1.54, 1.807) is 13.0 Å². The van der Waals surface area contributed by atoms with Crippen LogP contribution in [-0.2, 0) is 11.4 Å². The van der Waals surface area contributed by atoms with Gasteiger partial charge in [0, 0.05) is 6.04 Å². The first-order chi connectivity index (χ1) is 12.0. The van der Waals surface area contributed by atoms with E-state index >= 15 is 0 Å². The van der Waals surface area contributed by atoms with Gasteiger partial charge in [-0.3, -0.25) is 4.79 Å². The van der Waals surface area contributed by atoms with Gasteiger partial charge in [0.1, 0.15) is 18.1 Å². The molecule has 1 atom stereocenters. The molecule has 0 spiro atoms. The minimum absolute atomic E-state index is 0.123. The van der Waals surface area contributed by atoms with Crippen molar-refractivity contribution >= 4 is 29.1 Å². The number of carbonyl (C=O) groups is 1. The molecule has 0 amide bonds. The Morgan fingerprint density at radius 3 is 2.56 bits per heavy atom. The Kier molecular flexibility index (Phi) is 7.32. The number of halogens is 1. The molecule has 1 aromatic heterocycles. The maximum atomic E-state index is 11.6. The van der Waals surface area contributed by atoms with Gasteiger partial charge >= 0.3 is 0 Å². The number of ether oxygens (including phenoxy) is 1. The van der Waals surface area contributed by atoms with Crippen LogP contribution in [0.2, 0.25) is 5.02 Å². The van der Waals surface area contributed by atoms with Crippen molar-refractivity contribution in [1.29, 1.82) is 0 Å². The molecule has 0 bridgehead atoms. The van der Waals surface area contributed by atoms with Crippen LogP contribution in [0.4, 0.5) is 0 Å². The van der Waals surface area contributed by atoms with Gasteiger partial charge in [0.05, 0.1) is 10.3 Å². The molecule has 0 saturated heterocycles. The molecule has 0 aliphatic carbocycles. The quantitative estimate of drug-likeness (QED) is 0.575. The Morgan fingerprint density at radius 1 is 1.28 bits per heavy atom. The standard InChI is InChI=1S/C18H24ClN3O2S/c1-5-14(6-2)22-17(11-24-16-10-8-7-9-15(16)19)20-21-18(22)25-13(4)12(3)23/h7-10,13-14H,5-6,11H2,1-4H3. The summed E-state index contributed by atoms with van der Waals surface area (Å²) >= 11 is 7.59. The van der Waals surface area contributed by atoms with E-state index in [0.717, 1.165) is 23.8 Å². The lowest BCUT2D eigenvalue weighted by atomic mass is 10.2. The number of benzene rings is 1. The van der Waals surface area contributed by atoms with E-state index in [2.05, 4.69) is 28.6 Å². The van der Waals surface area contributed by atoms with Crippen LogP contribution in [0, 0.1) is 0 Å². The Hall–Kier alpha value is -1.53. The van der Waals surface area contributed by atoms with Crippen molar-refractivity contribution in [2.24, 2.45) is 0 Å². The summed E-state index contributed by atoms with van der Waals surface area (Å²) in [5.74, 6) is 1.49. The molecule has 1 unspecified atom stereocenters. The summed E-state index contributed by atoms with van der Waals surface area (Å²) in [4.78, 5) is 11.6. The molecule has 1 heterocycles. The fraction of sp³-hybridized carbons (Fsp3) is 0.500. The van der Waals surface area contributed by atoms with Crippen molar-refractivity contribution in [2.75, 3.05) is 0 Å². The van der Waals surface area contributed by atoms with Gasteiger partial charge in [0.15, 0.2) is 11.0 Å². The van der Waals surface area contributed by atoms with Gasteiger partial charge < -0.3 is 9.30 Å². The number of para-hydroxylation sites is 1. The molecular weight excluding hydrogens is 358 g/mol. The van der Waals surface area contributed by atoms with Crippen molar-refractivity contribution in [3.63, 3.8) is 0 Å². The molecule has 1 aromatic carbocycles. The van der Waals surface area contributed by atoms with Crippen molar-refractivity contribution in [3.05, 3.63) is 35.1 Å². The third-order valence-corrected chi connectivity index (χ3v) is 5.58. The van der Waals surface area contributed by atoms with Gasteiger partial charge in [-0.2, -0.15) is 0 Å². The number of nitrogens with zero attached hydrogens (tertiary/aromatic N) is 3. The Labute approximate surface area is 158 Å². The van der Waals surface area contributed by atoms with Crippen LogP contribution in [0.1, 0.15) is 52.4 Å². The summed E-state index contributed by atoms with van der Waals surface area (Å²) in [5.41, 5.74) is 0. The van der Waals surface area contributed by atoms with E-state index in [1.165, 1.54) is 11.8 Å². The Morgan fingerprint density at radius 2 is 1.96 bits per heavy atom. The number of Topliss-reactive ketones (excluding diaryl/α,β-unsaturated/α-hetero) is 1. The van der Waals surface area contributed by atoms with Gasteiger partial charge in [-0.15, -0.1) is 10.2 Å². The summed E-state index contributed by atoms with van der Waals surface area (Å²) in [6.45, 7) is 8.03. The predicted molar refractivity (Wildman–Crippen MR) is 101 cm³/mol. The second kappa shape index (κ2) is 9.25. The number of rotatable bonds is 9. The van der Waals surface area contributed by atoms with Crippen LogP contribution in [0.3, 0.4) is 0 Å². The predicted octanol–water partition coefficient (Wildman–Crippen LogP) is 4.94. The fourth-order valence-corrected chi connectivity index (χ4v) is 3.58. The average molecular weight is 382 g/mol. The summed E-state index contributed by atoms with van der Waals surface area (Å²) in [6.07, 6.45) is 1.91. The third-order valence-electron chi connectivity index (χ3n) is 4.09. The SMILES string of the molecule is CCC(CC)n1c(COc2ccccc2Cl)nnc1SC(C)C(C)=O. The third kappa shape index (κ3) is 4.98. The molecule has 0 fully saturated rings. The first kappa shape index (κ1) is 19.8. The van der Waals surface area contributed by atoms with Crippen LogP contribution < -0.4 is 4.74 Å². The molecular formula is C18H24ClN3O2S. The minimum Gasteiger partial charge on any atom is -0.484 e. The molecule has 0 N–H and O–H groups in total. The van der Waals surface area contributed by atoms with E-state index in [-0.39, 0.29) is 23.7 Å². The number of carbonyl (C=O) groups excluding carboxylic acids is 1. The van der Waals surface area contributed by atoms with E-state index < -0.39 is 0 Å². The molecule has 0 aliphatic rings. The Bertz CT molecular complexity index is 716. The molecule has 0 saturated carbocycles. The molecule has 25 heavy (non-hydrogen) atoms. The van der Waals surface area contributed by atoms with E-state index in [9.17, 15) is 4.79 Å². The lowest BCUT2D eigenvalue weighted by Crippen LogP contribution is -2.16. The molecule has 136 valence electrons. The van der Waals surface area contributed by atoms with E-state index in [4.69, 9.17) is 16.3 Å². The first-order valence-corrected chi connectivity index (χ1v) is 9.71. The molecule has 2 rings (SSSR count). The van der Waals surface area contributed by atoms with Gasteiger partial charge in [-0.1, -0.05) is 49.3 Å². The topological polar surface area (TPSA) is 57.0 Å². The highest BCUT2D eigenvalue weighted by Gasteiger charge is 2.22. The number of hydrogen-bond acceptors (Lipinski definition) is 5. The van der Waals surface area contributed by atoms with Crippen molar-refractivity contribution < 1.29 is 9.53 Å². The zero-order valence-electron chi connectivity index (χ0n) is 15.0. The van der Waals surface area contributed by atoms with Crippen molar-refractivity contribution in [1.82, 2.24) is 14.8 Å². The maximum Gasteiger partial charge on any atom is 0.192 e. The molecule has 0 aliphatic heterocycles. The van der Waals surface area contributed by atoms with Crippen molar-refractivity contribution in [2.45, 2.75) is 63.6 Å². The molecule has 0 radical (unpaired) electrons. The van der Waals surface area contributed by atoms with Crippen molar-refractivity contribution in [3.8, 4) is 5.75 Å². The number of hydrogen-bond donors (Lipinski definition) is 0. The lowest BCUT2D eigenvalue weighted by Gasteiger charge is -2.20. The maximum absolute atomic E-state index is 11.6. The van der Waals surface area contributed by atoms with Crippen LogP contribution in [0.5, 0.6) is 5.75 Å². The highest BCUT2D eigenvalue weighted by Crippen LogP contribution is 2.30. The van der Waals surface area contributed by atoms with Gasteiger partial charge in [0.25, 0.3) is 0 Å². The summed E-state index contributed by atoms with van der Waals surface area (Å²) in [6, 6.07) is 7.62. The zero-order valence-corrected chi connectivity index (χ0v) is 16.6. The second-order valence-corrected chi connectivity index (χ2v) is 7.54. The highest BCUT2D eigenvalue weighted by atomic mass is 35.5. The first-order valence-electron chi connectivity index (χ1n) is 8.46. The summed E-state index contributed by atoms with van der Waals surface area (Å²) in [5, 5.41) is 9.77. The average Bonchev–Trinajstić information content (AvgIpc) is 2.98. The normalized spacial score (nSPS) is 12.4. The molecule has 5 nitrogen and oxygen atoms in total. The van der Waals surface area contributed by atoms with E-state index in [0.29, 0.717) is 10.8 Å². The van der Waals surface area contributed by atoms with E-state index in [1.807, 2.05) is 25.1 Å². The summed E-state index contributed by atoms with van der Waals surface area (Å²) < 4.78 is 7.94. The highest BCUT2D eigenvalue weighted by molar-refractivity contribution is 8.00. The number of aromatic nitrogens is 3. The van der Waals surface area contributed by atoms with Crippen LogP contribution >= 0.6 is 23.4 Å². The van der Waals surface area contributed by atoms with Gasteiger partial charge in [-0.25, -0.2) is 0 Å². The Balaban J connectivity index is 2.26. The zero-order chi connectivity index (χ0) is 18.4. The second-order valence-electron chi connectivity index (χ2n) is 5.83. The van der Waals surface area contributed by atoms with Gasteiger partial charge in [0.2, 0.25) is 0 Å². The van der Waals surface area contributed by atoms with Crippen LogP contribution in [-0.4, -0.2) is 25.8 Å². The molecule has 7 heteroatoms. The van der Waals surface area contributed by atoms with Crippen LogP contribution in [0.25, 0.3) is 0 Å². The van der Waals surface area contributed by atoms with Gasteiger partial charge in [-0.05, 0) is 38.8 Å². The number of thioether (sulfide) groups is 1. The fourth-order valence-electron chi connectivity index (χ4n) is 2.45. The molecule has 2 aromatic rings.